The molecule has 0 aliphatic carbocycles. The molecule has 3 aromatic rings. The molecule has 126 valence electrons. The molecule has 3 rings (SSSR count). The topological polar surface area (TPSA) is 66.9 Å². The molecule has 0 aliphatic heterocycles. The summed E-state index contributed by atoms with van der Waals surface area (Å²) in [7, 11) is 0. The number of hydrogen-bond acceptors (Lipinski definition) is 4. The number of halogens is 1. The molecule has 0 saturated carbocycles. The molecule has 1 aromatic heterocycles. The Labute approximate surface area is 151 Å². The van der Waals surface area contributed by atoms with Gasteiger partial charge in [-0.15, -0.1) is 10.2 Å². The molecule has 2 aromatic carbocycles. The van der Waals surface area contributed by atoms with E-state index in [9.17, 15) is 4.79 Å². The maximum absolute atomic E-state index is 12.3. The van der Waals surface area contributed by atoms with Crippen LogP contribution in [-0.2, 0) is 6.54 Å². The average Bonchev–Trinajstić information content (AvgIpc) is 2.62. The number of anilines is 2. The largest absolute Gasteiger partial charge is 0.364 e. The number of rotatable bonds is 5. The van der Waals surface area contributed by atoms with Crippen molar-refractivity contribution >= 4 is 29.1 Å². The second-order valence-electron chi connectivity index (χ2n) is 5.52. The van der Waals surface area contributed by atoms with Gasteiger partial charge in [0.1, 0.15) is 5.82 Å². The molecule has 0 saturated heterocycles. The van der Waals surface area contributed by atoms with Gasteiger partial charge in [0.2, 0.25) is 0 Å². The number of hydrogen-bond donors (Lipinski definition) is 2. The summed E-state index contributed by atoms with van der Waals surface area (Å²) in [6.45, 7) is 2.44. The molecule has 2 N–H and O–H groups in total. The van der Waals surface area contributed by atoms with Gasteiger partial charge in [-0.1, -0.05) is 48.0 Å². The van der Waals surface area contributed by atoms with Crippen LogP contribution >= 0.6 is 11.6 Å². The van der Waals surface area contributed by atoms with E-state index in [4.69, 9.17) is 11.6 Å². The summed E-state index contributed by atoms with van der Waals surface area (Å²) >= 11 is 6.12. The van der Waals surface area contributed by atoms with Crippen molar-refractivity contribution in [1.29, 1.82) is 0 Å². The lowest BCUT2D eigenvalue weighted by molar-refractivity contribution is 0.102. The van der Waals surface area contributed by atoms with Crippen molar-refractivity contribution in [2.45, 2.75) is 13.5 Å². The Hall–Kier alpha value is -2.92. The Balaban J connectivity index is 1.62. The van der Waals surface area contributed by atoms with E-state index >= 15 is 0 Å². The Morgan fingerprint density at radius 3 is 2.36 bits per heavy atom. The molecule has 25 heavy (non-hydrogen) atoms. The summed E-state index contributed by atoms with van der Waals surface area (Å²) < 4.78 is 0. The Morgan fingerprint density at radius 2 is 1.64 bits per heavy atom. The van der Waals surface area contributed by atoms with Crippen molar-refractivity contribution < 1.29 is 4.79 Å². The van der Waals surface area contributed by atoms with E-state index in [0.717, 1.165) is 11.1 Å². The van der Waals surface area contributed by atoms with E-state index in [1.165, 1.54) is 0 Å². The van der Waals surface area contributed by atoms with Crippen LogP contribution in [0.5, 0.6) is 0 Å². The van der Waals surface area contributed by atoms with Crippen LogP contribution in [0.3, 0.4) is 0 Å². The predicted octanol–water partition coefficient (Wildman–Crippen LogP) is 4.30. The Morgan fingerprint density at radius 1 is 0.960 bits per heavy atom. The first-order valence-electron chi connectivity index (χ1n) is 7.81. The van der Waals surface area contributed by atoms with E-state index in [1.807, 2.05) is 49.4 Å². The fourth-order valence-electron chi connectivity index (χ4n) is 2.33. The monoisotopic (exact) mass is 352 g/mol. The van der Waals surface area contributed by atoms with Crippen molar-refractivity contribution in [3.63, 3.8) is 0 Å². The van der Waals surface area contributed by atoms with E-state index in [1.54, 1.807) is 18.2 Å². The molecule has 6 heteroatoms. The molecule has 1 heterocycles. The summed E-state index contributed by atoms with van der Waals surface area (Å²) in [5.41, 5.74) is 2.50. The number of nitrogens with zero attached hydrogens (tertiary/aromatic N) is 2. The molecule has 0 radical (unpaired) electrons. The van der Waals surface area contributed by atoms with Crippen LogP contribution in [0.4, 0.5) is 11.6 Å². The van der Waals surface area contributed by atoms with Gasteiger partial charge in [-0.05, 0) is 42.3 Å². The Kier molecular flexibility index (Phi) is 5.26. The minimum Gasteiger partial charge on any atom is -0.364 e. The summed E-state index contributed by atoms with van der Waals surface area (Å²) in [5, 5.41) is 14.7. The van der Waals surface area contributed by atoms with Crippen LogP contribution in [0.25, 0.3) is 0 Å². The van der Waals surface area contributed by atoms with Gasteiger partial charge in [0.25, 0.3) is 5.91 Å². The normalized spacial score (nSPS) is 10.3. The number of aryl methyl sites for hydroxylation is 1. The highest BCUT2D eigenvalue weighted by Gasteiger charge is 2.09. The van der Waals surface area contributed by atoms with Crippen molar-refractivity contribution in [2.75, 3.05) is 10.6 Å². The minimum absolute atomic E-state index is 0.204. The van der Waals surface area contributed by atoms with Gasteiger partial charge in [-0.2, -0.15) is 0 Å². The third-order valence-corrected chi connectivity index (χ3v) is 4.08. The smallest absolute Gasteiger partial charge is 0.257 e. The second kappa shape index (κ2) is 7.77. The molecular weight excluding hydrogens is 336 g/mol. The lowest BCUT2D eigenvalue weighted by Crippen LogP contribution is -2.14. The third kappa shape index (κ3) is 4.33. The van der Waals surface area contributed by atoms with Crippen LogP contribution in [0.15, 0.2) is 60.7 Å². The molecule has 0 aliphatic rings. The van der Waals surface area contributed by atoms with Gasteiger partial charge in [-0.25, -0.2) is 0 Å². The summed E-state index contributed by atoms with van der Waals surface area (Å²) in [5.74, 6) is 0.800. The second-order valence-corrected chi connectivity index (χ2v) is 5.93. The lowest BCUT2D eigenvalue weighted by atomic mass is 10.1. The summed E-state index contributed by atoms with van der Waals surface area (Å²) in [6, 6.07) is 18.5. The first-order valence-corrected chi connectivity index (χ1v) is 8.19. The van der Waals surface area contributed by atoms with Gasteiger partial charge < -0.3 is 10.6 Å². The van der Waals surface area contributed by atoms with E-state index in [0.29, 0.717) is 28.8 Å². The highest BCUT2D eigenvalue weighted by molar-refractivity contribution is 6.31. The zero-order valence-electron chi connectivity index (χ0n) is 13.7. The molecule has 0 bridgehead atoms. The van der Waals surface area contributed by atoms with Crippen LogP contribution in [0, 0.1) is 6.92 Å². The number of aromatic nitrogens is 2. The molecule has 0 spiro atoms. The van der Waals surface area contributed by atoms with E-state index in [2.05, 4.69) is 20.8 Å². The van der Waals surface area contributed by atoms with Gasteiger partial charge >= 0.3 is 0 Å². The lowest BCUT2D eigenvalue weighted by Gasteiger charge is -2.08. The molecule has 0 fully saturated rings. The number of amides is 1. The number of benzene rings is 2. The van der Waals surface area contributed by atoms with Crippen LogP contribution in [0.2, 0.25) is 5.02 Å². The van der Waals surface area contributed by atoms with Crippen molar-refractivity contribution in [3.05, 3.63) is 82.4 Å². The van der Waals surface area contributed by atoms with Gasteiger partial charge in [0, 0.05) is 17.1 Å². The minimum atomic E-state index is -0.204. The number of carbonyl (C=O) groups is 1. The quantitative estimate of drug-likeness (QED) is 0.718. The van der Waals surface area contributed by atoms with Crippen LogP contribution in [-0.4, -0.2) is 16.1 Å². The first kappa shape index (κ1) is 16.9. The van der Waals surface area contributed by atoms with Crippen molar-refractivity contribution in [1.82, 2.24) is 10.2 Å². The molecular formula is C19H17ClN4O. The molecule has 1 amide bonds. The number of nitrogens with one attached hydrogen (secondary N) is 2. The van der Waals surface area contributed by atoms with Crippen molar-refractivity contribution in [3.8, 4) is 0 Å². The highest BCUT2D eigenvalue weighted by atomic mass is 35.5. The number of carbonyl (C=O) groups excluding carboxylic acids is 1. The molecule has 0 unspecified atom stereocenters. The standard InChI is InChI=1S/C19H17ClN4O/c1-13-6-2-4-8-15(13)19(25)22-18-11-10-17(23-24-18)21-12-14-7-3-5-9-16(14)20/h2-11H,12H2,1H3,(H,21,23)(H,22,24,25). The van der Waals surface area contributed by atoms with Gasteiger partial charge in [0.15, 0.2) is 5.82 Å². The SMILES string of the molecule is Cc1ccccc1C(=O)Nc1ccc(NCc2ccccc2Cl)nn1. The summed E-state index contributed by atoms with van der Waals surface area (Å²) in [6.07, 6.45) is 0. The maximum atomic E-state index is 12.3. The first-order chi connectivity index (χ1) is 12.1. The van der Waals surface area contributed by atoms with E-state index in [-0.39, 0.29) is 5.91 Å². The van der Waals surface area contributed by atoms with E-state index < -0.39 is 0 Å². The highest BCUT2D eigenvalue weighted by Crippen LogP contribution is 2.16. The molecule has 5 nitrogen and oxygen atoms in total. The third-order valence-electron chi connectivity index (χ3n) is 3.71. The molecule has 0 atom stereocenters. The average molecular weight is 353 g/mol. The zero-order chi connectivity index (χ0) is 17.6. The fourth-order valence-corrected chi connectivity index (χ4v) is 2.53. The van der Waals surface area contributed by atoms with Gasteiger partial charge in [-0.3, -0.25) is 4.79 Å². The van der Waals surface area contributed by atoms with Crippen LogP contribution in [0.1, 0.15) is 21.5 Å². The Bertz CT molecular complexity index is 881. The van der Waals surface area contributed by atoms with Crippen LogP contribution < -0.4 is 10.6 Å². The summed E-state index contributed by atoms with van der Waals surface area (Å²) in [4.78, 5) is 12.3. The predicted molar refractivity (Wildman–Crippen MR) is 99.9 cm³/mol. The fraction of sp³-hybridized carbons (Fsp3) is 0.105. The van der Waals surface area contributed by atoms with Crippen molar-refractivity contribution in [2.24, 2.45) is 0 Å². The maximum Gasteiger partial charge on any atom is 0.257 e. The zero-order valence-corrected chi connectivity index (χ0v) is 14.4. The van der Waals surface area contributed by atoms with Gasteiger partial charge in [0.05, 0.1) is 0 Å².